The Hall–Kier alpha value is -1.49. The van der Waals surface area contributed by atoms with Gasteiger partial charge in [-0.05, 0) is 18.7 Å². The van der Waals surface area contributed by atoms with Crippen LogP contribution in [0.2, 0.25) is 0 Å². The van der Waals surface area contributed by atoms with Gasteiger partial charge in [0.05, 0.1) is 5.56 Å². The Morgan fingerprint density at radius 2 is 1.89 bits per heavy atom. The normalized spacial score (nSPS) is 16.9. The number of carbonyl (C=O) groups is 1. The summed E-state index contributed by atoms with van der Waals surface area (Å²) in [4.78, 5) is 15.9. The maximum absolute atomic E-state index is 13.5. The lowest BCUT2D eigenvalue weighted by Crippen LogP contribution is -2.48. The predicted molar refractivity (Wildman–Crippen MR) is 64.4 cm³/mol. The Bertz CT molecular complexity index is 443. The van der Waals surface area contributed by atoms with E-state index < -0.39 is 11.6 Å². The van der Waals surface area contributed by atoms with Gasteiger partial charge in [-0.1, -0.05) is 6.92 Å². The highest BCUT2D eigenvalue weighted by Crippen LogP contribution is 2.13. The minimum atomic E-state index is -0.794. The van der Waals surface area contributed by atoms with Crippen molar-refractivity contribution >= 4 is 5.91 Å². The van der Waals surface area contributed by atoms with Crippen LogP contribution in [-0.4, -0.2) is 48.4 Å². The average Bonchev–Trinajstić information content (AvgIpc) is 2.38. The van der Waals surface area contributed by atoms with Gasteiger partial charge in [-0.15, -0.1) is 0 Å². The zero-order valence-corrected chi connectivity index (χ0v) is 10.3. The Balaban J connectivity index is 2.08. The summed E-state index contributed by atoms with van der Waals surface area (Å²) >= 11 is 0. The van der Waals surface area contributed by atoms with Crippen LogP contribution in [0.1, 0.15) is 17.3 Å². The largest absolute Gasteiger partial charge is 0.336 e. The van der Waals surface area contributed by atoms with Crippen LogP contribution in [0.25, 0.3) is 0 Å². The zero-order valence-electron chi connectivity index (χ0n) is 10.3. The van der Waals surface area contributed by atoms with Crippen LogP contribution in [-0.2, 0) is 0 Å². The molecule has 0 aromatic heterocycles. The van der Waals surface area contributed by atoms with Crippen molar-refractivity contribution < 1.29 is 13.6 Å². The number of carbonyl (C=O) groups excluding carboxylic acids is 1. The Morgan fingerprint density at radius 1 is 1.22 bits per heavy atom. The molecule has 1 aliphatic rings. The molecule has 1 amide bonds. The van der Waals surface area contributed by atoms with Crippen LogP contribution in [0.5, 0.6) is 0 Å². The molecule has 0 radical (unpaired) electrons. The summed E-state index contributed by atoms with van der Waals surface area (Å²) in [6, 6.07) is 3.06. The van der Waals surface area contributed by atoms with Crippen molar-refractivity contribution in [1.82, 2.24) is 9.80 Å². The maximum atomic E-state index is 13.5. The van der Waals surface area contributed by atoms with Crippen LogP contribution in [0.3, 0.4) is 0 Å². The summed E-state index contributed by atoms with van der Waals surface area (Å²) in [5, 5.41) is 0. The third-order valence-electron chi connectivity index (χ3n) is 3.27. The topological polar surface area (TPSA) is 23.6 Å². The molecule has 2 rings (SSSR count). The smallest absolute Gasteiger partial charge is 0.256 e. The molecule has 3 nitrogen and oxygen atoms in total. The van der Waals surface area contributed by atoms with E-state index in [9.17, 15) is 13.6 Å². The number of benzene rings is 1. The minimum absolute atomic E-state index is 0.0543. The summed E-state index contributed by atoms with van der Waals surface area (Å²) in [6.45, 7) is 5.78. The van der Waals surface area contributed by atoms with Gasteiger partial charge in [0.25, 0.3) is 5.91 Å². The van der Waals surface area contributed by atoms with Crippen LogP contribution in [0.15, 0.2) is 18.2 Å². The fourth-order valence-electron chi connectivity index (χ4n) is 2.10. The van der Waals surface area contributed by atoms with E-state index in [1.54, 1.807) is 4.90 Å². The molecule has 98 valence electrons. The molecule has 1 saturated heterocycles. The third kappa shape index (κ3) is 2.67. The molecule has 1 aromatic carbocycles. The van der Waals surface area contributed by atoms with Crippen molar-refractivity contribution in [3.05, 3.63) is 35.4 Å². The molecule has 1 aliphatic heterocycles. The first-order chi connectivity index (χ1) is 8.61. The van der Waals surface area contributed by atoms with Crippen molar-refractivity contribution in [3.63, 3.8) is 0 Å². The Labute approximate surface area is 105 Å². The van der Waals surface area contributed by atoms with Crippen LogP contribution in [0.4, 0.5) is 8.78 Å². The second-order valence-electron chi connectivity index (χ2n) is 4.35. The lowest BCUT2D eigenvalue weighted by molar-refractivity contribution is 0.0638. The number of rotatable bonds is 2. The highest BCUT2D eigenvalue weighted by atomic mass is 19.1. The fourth-order valence-corrected chi connectivity index (χ4v) is 2.10. The Kier molecular flexibility index (Phi) is 3.91. The molecular formula is C13H16F2N2O. The summed E-state index contributed by atoms with van der Waals surface area (Å²) in [5.41, 5.74) is -0.0543. The van der Waals surface area contributed by atoms with E-state index in [-0.39, 0.29) is 11.5 Å². The van der Waals surface area contributed by atoms with E-state index in [0.717, 1.165) is 31.8 Å². The zero-order chi connectivity index (χ0) is 13.1. The first kappa shape index (κ1) is 13.0. The Morgan fingerprint density at radius 3 is 2.44 bits per heavy atom. The fraction of sp³-hybridized carbons (Fsp3) is 0.462. The monoisotopic (exact) mass is 254 g/mol. The number of hydrogen-bond donors (Lipinski definition) is 0. The lowest BCUT2D eigenvalue weighted by atomic mass is 10.1. The molecule has 1 fully saturated rings. The molecule has 0 N–H and O–H groups in total. The molecule has 0 aliphatic carbocycles. The average molecular weight is 254 g/mol. The van der Waals surface area contributed by atoms with Gasteiger partial charge in [0.1, 0.15) is 11.6 Å². The van der Waals surface area contributed by atoms with Gasteiger partial charge in [0.15, 0.2) is 0 Å². The van der Waals surface area contributed by atoms with Crippen molar-refractivity contribution in [1.29, 1.82) is 0 Å². The van der Waals surface area contributed by atoms with E-state index in [2.05, 4.69) is 11.8 Å². The predicted octanol–water partition coefficient (Wildman–Crippen LogP) is 1.74. The summed E-state index contributed by atoms with van der Waals surface area (Å²) in [5.74, 6) is -1.82. The maximum Gasteiger partial charge on any atom is 0.256 e. The molecule has 1 heterocycles. The van der Waals surface area contributed by atoms with E-state index in [4.69, 9.17) is 0 Å². The van der Waals surface area contributed by atoms with Gasteiger partial charge < -0.3 is 9.80 Å². The quantitative estimate of drug-likeness (QED) is 0.802. The van der Waals surface area contributed by atoms with E-state index in [1.165, 1.54) is 6.07 Å². The summed E-state index contributed by atoms with van der Waals surface area (Å²) < 4.78 is 26.3. The highest BCUT2D eigenvalue weighted by Gasteiger charge is 2.23. The first-order valence-corrected chi connectivity index (χ1v) is 6.08. The van der Waals surface area contributed by atoms with Gasteiger partial charge in [-0.3, -0.25) is 4.79 Å². The minimum Gasteiger partial charge on any atom is -0.336 e. The van der Waals surface area contributed by atoms with Gasteiger partial charge in [0, 0.05) is 32.2 Å². The number of halogens is 2. The molecule has 5 heteroatoms. The number of amides is 1. The van der Waals surface area contributed by atoms with Crippen LogP contribution >= 0.6 is 0 Å². The molecule has 0 spiro atoms. The first-order valence-electron chi connectivity index (χ1n) is 6.08. The van der Waals surface area contributed by atoms with Gasteiger partial charge >= 0.3 is 0 Å². The molecule has 0 saturated carbocycles. The van der Waals surface area contributed by atoms with Crippen molar-refractivity contribution in [3.8, 4) is 0 Å². The molecular weight excluding hydrogens is 238 g/mol. The summed E-state index contributed by atoms with van der Waals surface area (Å²) in [7, 11) is 0. The molecule has 18 heavy (non-hydrogen) atoms. The second-order valence-corrected chi connectivity index (χ2v) is 4.35. The van der Waals surface area contributed by atoms with Gasteiger partial charge in [-0.25, -0.2) is 8.78 Å². The summed E-state index contributed by atoms with van der Waals surface area (Å²) in [6.07, 6.45) is 0. The molecule has 0 unspecified atom stereocenters. The molecule has 0 atom stereocenters. The van der Waals surface area contributed by atoms with Crippen LogP contribution in [0, 0.1) is 11.6 Å². The van der Waals surface area contributed by atoms with Crippen molar-refractivity contribution in [2.24, 2.45) is 0 Å². The molecule has 0 bridgehead atoms. The third-order valence-corrected chi connectivity index (χ3v) is 3.27. The van der Waals surface area contributed by atoms with Crippen molar-refractivity contribution in [2.45, 2.75) is 6.92 Å². The second kappa shape index (κ2) is 5.44. The van der Waals surface area contributed by atoms with E-state index in [1.807, 2.05) is 0 Å². The van der Waals surface area contributed by atoms with Crippen molar-refractivity contribution in [2.75, 3.05) is 32.7 Å². The molecule has 1 aromatic rings. The van der Waals surface area contributed by atoms with E-state index in [0.29, 0.717) is 13.1 Å². The van der Waals surface area contributed by atoms with Gasteiger partial charge in [0.2, 0.25) is 0 Å². The highest BCUT2D eigenvalue weighted by molar-refractivity contribution is 5.94. The lowest BCUT2D eigenvalue weighted by Gasteiger charge is -2.34. The number of hydrogen-bond acceptors (Lipinski definition) is 2. The number of nitrogens with zero attached hydrogens (tertiary/aromatic N) is 2. The van der Waals surface area contributed by atoms with Gasteiger partial charge in [-0.2, -0.15) is 0 Å². The van der Waals surface area contributed by atoms with E-state index >= 15 is 0 Å². The number of piperazine rings is 1. The number of likely N-dealkylation sites (N-methyl/N-ethyl adjacent to an activating group) is 1. The SMILES string of the molecule is CCN1CCN(C(=O)c2ccc(F)cc2F)CC1. The standard InChI is InChI=1S/C13H16F2N2O/c1-2-16-5-7-17(8-6-16)13(18)11-4-3-10(14)9-12(11)15/h3-4,9H,2,5-8H2,1H3. The van der Waals surface area contributed by atoms with Crippen LogP contribution < -0.4 is 0 Å².